The average molecular weight is 358 g/mol. The fraction of sp³-hybridized carbons (Fsp3) is 0.562. The zero-order valence-corrected chi connectivity index (χ0v) is 14.8. The molecule has 0 aromatic heterocycles. The highest BCUT2D eigenvalue weighted by molar-refractivity contribution is 7.89. The van der Waals surface area contributed by atoms with Gasteiger partial charge in [-0.3, -0.25) is 0 Å². The molecule has 1 aliphatic heterocycles. The summed E-state index contributed by atoms with van der Waals surface area (Å²) in [5.74, 6) is -0.628. The molecule has 2 N–H and O–H groups in total. The van der Waals surface area contributed by atoms with Gasteiger partial charge in [0, 0.05) is 19.0 Å². The number of carbonyl (C=O) groups is 1. The first-order valence-corrected chi connectivity index (χ1v) is 9.31. The quantitative estimate of drug-likeness (QED) is 0.878. The van der Waals surface area contributed by atoms with Crippen molar-refractivity contribution in [3.63, 3.8) is 0 Å². The van der Waals surface area contributed by atoms with E-state index in [0.29, 0.717) is 6.54 Å². The number of benzene rings is 1. The van der Waals surface area contributed by atoms with E-state index in [1.165, 1.54) is 17.0 Å². The molecule has 1 aromatic rings. The van der Waals surface area contributed by atoms with Crippen LogP contribution in [-0.4, -0.2) is 43.4 Å². The zero-order valence-electron chi connectivity index (χ0n) is 14.0. The lowest BCUT2D eigenvalue weighted by atomic mass is 9.90. The lowest BCUT2D eigenvalue weighted by Gasteiger charge is -2.37. The summed E-state index contributed by atoms with van der Waals surface area (Å²) in [4.78, 5) is 13.7. The van der Waals surface area contributed by atoms with Gasteiger partial charge in [0.15, 0.2) is 0 Å². The Morgan fingerprint density at radius 3 is 2.33 bits per heavy atom. The summed E-state index contributed by atoms with van der Waals surface area (Å²) in [5.41, 5.74) is 0.0788. The molecule has 1 heterocycles. The van der Waals surface area contributed by atoms with Crippen molar-refractivity contribution < 1.29 is 22.3 Å². The largest absolute Gasteiger partial charge is 0.444 e. The third-order valence-electron chi connectivity index (χ3n) is 3.87. The van der Waals surface area contributed by atoms with Gasteiger partial charge in [0.05, 0.1) is 5.25 Å². The summed E-state index contributed by atoms with van der Waals surface area (Å²) in [5, 5.41) is 4.42. The number of carbonyl (C=O) groups excluding carboxylic acids is 1. The molecule has 1 aromatic carbocycles. The summed E-state index contributed by atoms with van der Waals surface area (Å²) >= 11 is 0. The molecule has 1 amide bonds. The minimum atomic E-state index is -3.81. The Kier molecular flexibility index (Phi) is 5.19. The average Bonchev–Trinajstić information content (AvgIpc) is 2.45. The van der Waals surface area contributed by atoms with E-state index < -0.39 is 27.0 Å². The number of likely N-dealkylation sites (tertiary alicyclic amines) is 1. The van der Waals surface area contributed by atoms with Crippen LogP contribution in [-0.2, 0) is 14.8 Å². The lowest BCUT2D eigenvalue weighted by molar-refractivity contribution is 0.0201. The van der Waals surface area contributed by atoms with Crippen LogP contribution in [0.15, 0.2) is 24.3 Å². The van der Waals surface area contributed by atoms with Gasteiger partial charge in [0.25, 0.3) is 0 Å². The van der Waals surface area contributed by atoms with Crippen LogP contribution in [0.4, 0.5) is 9.18 Å². The van der Waals surface area contributed by atoms with Gasteiger partial charge < -0.3 is 9.64 Å². The van der Waals surface area contributed by atoms with Crippen molar-refractivity contribution >= 4 is 16.1 Å². The van der Waals surface area contributed by atoms with Crippen LogP contribution in [0.3, 0.4) is 0 Å². The number of amides is 1. The molecule has 0 unspecified atom stereocenters. The van der Waals surface area contributed by atoms with E-state index in [9.17, 15) is 17.6 Å². The fourth-order valence-corrected chi connectivity index (χ4v) is 3.63. The predicted molar refractivity (Wildman–Crippen MR) is 88.5 cm³/mol. The SMILES string of the molecule is CC(C)(C)OC(=O)N1C[C@H](c2ccc(F)cc2)C[C@@H](S(N)(=O)=O)C1. The van der Waals surface area contributed by atoms with Crippen LogP contribution in [0, 0.1) is 5.82 Å². The van der Waals surface area contributed by atoms with Gasteiger partial charge in [-0.1, -0.05) is 12.1 Å². The smallest absolute Gasteiger partial charge is 0.410 e. The van der Waals surface area contributed by atoms with E-state index in [4.69, 9.17) is 9.88 Å². The predicted octanol–water partition coefficient (Wildman–Crippen LogP) is 2.21. The number of sulfonamides is 1. The maximum Gasteiger partial charge on any atom is 0.410 e. The summed E-state index contributed by atoms with van der Waals surface area (Å²) in [6.45, 7) is 5.51. The summed E-state index contributed by atoms with van der Waals surface area (Å²) in [6.07, 6.45) is -0.299. The molecule has 2 rings (SSSR count). The lowest BCUT2D eigenvalue weighted by Crippen LogP contribution is -2.50. The monoisotopic (exact) mass is 358 g/mol. The molecule has 0 spiro atoms. The number of piperidine rings is 1. The first-order valence-electron chi connectivity index (χ1n) is 7.71. The number of hydrogen-bond acceptors (Lipinski definition) is 4. The molecular weight excluding hydrogens is 335 g/mol. The second-order valence-electron chi connectivity index (χ2n) is 7.08. The second kappa shape index (κ2) is 6.68. The number of halogens is 1. The van der Waals surface area contributed by atoms with Crippen molar-refractivity contribution in [3.8, 4) is 0 Å². The molecule has 6 nitrogen and oxygen atoms in total. The second-order valence-corrected chi connectivity index (χ2v) is 8.93. The molecule has 2 atom stereocenters. The molecule has 0 bridgehead atoms. The molecule has 1 saturated heterocycles. The summed E-state index contributed by atoms with van der Waals surface area (Å²) in [7, 11) is -3.81. The zero-order chi connectivity index (χ0) is 18.1. The first-order chi connectivity index (χ1) is 11.0. The molecule has 1 fully saturated rings. The Morgan fingerprint density at radius 1 is 1.25 bits per heavy atom. The molecule has 24 heavy (non-hydrogen) atoms. The van der Waals surface area contributed by atoms with Crippen molar-refractivity contribution in [1.82, 2.24) is 4.90 Å². The van der Waals surface area contributed by atoms with E-state index >= 15 is 0 Å². The van der Waals surface area contributed by atoms with E-state index in [2.05, 4.69) is 0 Å². The topological polar surface area (TPSA) is 89.7 Å². The third kappa shape index (κ3) is 4.91. The molecule has 0 radical (unpaired) electrons. The highest BCUT2D eigenvalue weighted by Gasteiger charge is 2.37. The molecule has 0 saturated carbocycles. The third-order valence-corrected chi connectivity index (χ3v) is 5.14. The van der Waals surface area contributed by atoms with E-state index in [-0.39, 0.29) is 24.7 Å². The molecule has 0 aliphatic carbocycles. The maximum atomic E-state index is 13.1. The van der Waals surface area contributed by atoms with E-state index in [1.807, 2.05) is 0 Å². The Morgan fingerprint density at radius 2 is 1.83 bits per heavy atom. The van der Waals surface area contributed by atoms with Crippen LogP contribution in [0.1, 0.15) is 38.7 Å². The van der Waals surface area contributed by atoms with E-state index in [1.54, 1.807) is 32.9 Å². The molecule has 134 valence electrons. The molecule has 8 heteroatoms. The van der Waals surface area contributed by atoms with Gasteiger partial charge in [0.1, 0.15) is 11.4 Å². The highest BCUT2D eigenvalue weighted by Crippen LogP contribution is 2.30. The number of ether oxygens (including phenoxy) is 1. The fourth-order valence-electron chi connectivity index (χ4n) is 2.74. The molecule has 1 aliphatic rings. The van der Waals surface area contributed by atoms with Crippen LogP contribution < -0.4 is 5.14 Å². The maximum absolute atomic E-state index is 13.1. The van der Waals surface area contributed by atoms with Crippen molar-refractivity contribution in [2.45, 2.75) is 44.0 Å². The minimum absolute atomic E-state index is 0.00849. The van der Waals surface area contributed by atoms with Gasteiger partial charge in [-0.05, 0) is 44.9 Å². The Labute approximate surface area is 141 Å². The Balaban J connectivity index is 2.26. The molecular formula is C16H23FN2O4S. The minimum Gasteiger partial charge on any atom is -0.444 e. The number of nitrogens with two attached hydrogens (primary N) is 1. The van der Waals surface area contributed by atoms with Gasteiger partial charge in [-0.25, -0.2) is 22.7 Å². The normalized spacial score (nSPS) is 22.3. The number of primary sulfonamides is 1. The standard InChI is InChI=1S/C16H23FN2O4S/c1-16(2,3)23-15(20)19-9-12(8-14(10-19)24(18,21)22)11-4-6-13(17)7-5-11/h4-7,12,14H,8-10H2,1-3H3,(H2,18,21,22)/t12-,14-/m1/s1. The Bertz CT molecular complexity index is 698. The Hall–Kier alpha value is -1.67. The number of rotatable bonds is 2. The number of nitrogens with zero attached hydrogens (tertiary/aromatic N) is 1. The van der Waals surface area contributed by atoms with Gasteiger partial charge in [-0.15, -0.1) is 0 Å². The van der Waals surface area contributed by atoms with Crippen molar-refractivity contribution in [1.29, 1.82) is 0 Å². The van der Waals surface area contributed by atoms with Crippen molar-refractivity contribution in [2.75, 3.05) is 13.1 Å². The van der Waals surface area contributed by atoms with Crippen LogP contribution in [0.2, 0.25) is 0 Å². The summed E-state index contributed by atoms with van der Waals surface area (Å²) < 4.78 is 42.1. The van der Waals surface area contributed by atoms with Crippen LogP contribution >= 0.6 is 0 Å². The highest BCUT2D eigenvalue weighted by atomic mass is 32.2. The van der Waals surface area contributed by atoms with E-state index in [0.717, 1.165) is 5.56 Å². The number of hydrogen-bond donors (Lipinski definition) is 1. The first kappa shape index (κ1) is 18.7. The van der Waals surface area contributed by atoms with Gasteiger partial charge >= 0.3 is 6.09 Å². The van der Waals surface area contributed by atoms with Crippen LogP contribution in [0.25, 0.3) is 0 Å². The van der Waals surface area contributed by atoms with Gasteiger partial charge in [-0.2, -0.15) is 0 Å². The van der Waals surface area contributed by atoms with Gasteiger partial charge in [0.2, 0.25) is 10.0 Å². The summed E-state index contributed by atoms with van der Waals surface area (Å²) in [6, 6.07) is 5.82. The van der Waals surface area contributed by atoms with Crippen LogP contribution in [0.5, 0.6) is 0 Å². The van der Waals surface area contributed by atoms with Crippen molar-refractivity contribution in [2.24, 2.45) is 5.14 Å². The van der Waals surface area contributed by atoms with Crippen molar-refractivity contribution in [3.05, 3.63) is 35.6 Å².